The fraction of sp³-hybridized carbons (Fsp3) is 0.412. The van der Waals surface area contributed by atoms with E-state index in [0.29, 0.717) is 21.5 Å². The number of carboxylic acid groups (broad SMARTS) is 1. The van der Waals surface area contributed by atoms with Crippen LogP contribution in [0, 0.1) is 5.92 Å². The summed E-state index contributed by atoms with van der Waals surface area (Å²) in [7, 11) is 0. The fourth-order valence-electron chi connectivity index (χ4n) is 3.13. The largest absolute Gasteiger partial charge is 0.477 e. The van der Waals surface area contributed by atoms with Gasteiger partial charge in [-0.05, 0) is 11.4 Å². The molecule has 2 aliphatic rings. The number of aliphatic carboxylic acids is 1. The van der Waals surface area contributed by atoms with Crippen molar-refractivity contribution in [1.82, 2.24) is 10.2 Å². The number of alkyl halides is 3. The summed E-state index contributed by atoms with van der Waals surface area (Å²) in [6.07, 6.45) is -6.41. The summed E-state index contributed by atoms with van der Waals surface area (Å²) in [5.74, 6) is -7.08. The molecule has 2 amide bonds. The molecule has 3 rings (SSSR count). The van der Waals surface area contributed by atoms with Crippen LogP contribution in [-0.4, -0.2) is 57.3 Å². The van der Waals surface area contributed by atoms with Gasteiger partial charge in [-0.2, -0.15) is 13.2 Å². The third-order valence-corrected chi connectivity index (χ3v) is 6.54. The molecule has 0 aromatic carbocycles. The Morgan fingerprint density at radius 1 is 1.40 bits per heavy atom. The third-order valence-electron chi connectivity index (χ3n) is 4.36. The molecule has 2 N–H and O–H groups in total. The zero-order chi connectivity index (χ0) is 22.2. The monoisotopic (exact) mass is 464 g/mol. The van der Waals surface area contributed by atoms with Crippen molar-refractivity contribution in [1.29, 1.82) is 0 Å². The number of β-lactam (4-membered cyclic amide) rings is 1. The van der Waals surface area contributed by atoms with Crippen molar-refractivity contribution in [2.24, 2.45) is 5.92 Å². The van der Waals surface area contributed by atoms with Gasteiger partial charge in [-0.3, -0.25) is 19.3 Å². The van der Waals surface area contributed by atoms with E-state index in [0.717, 1.165) is 6.92 Å². The molecular weight excluding hydrogens is 449 g/mol. The Bertz CT molecular complexity index is 915. The molecule has 0 saturated carbocycles. The SMILES string of the molecule is CC(=O)OC(NC(=O)Cc1cccs1)C1=C(C(=O)O)N2C(=O)[C@@H](C(F)(F)F)[C@H]2SC1. The molecule has 8 nitrogen and oxygen atoms in total. The number of esters is 1. The molecule has 162 valence electrons. The van der Waals surface area contributed by atoms with Gasteiger partial charge < -0.3 is 15.2 Å². The molecule has 30 heavy (non-hydrogen) atoms. The number of nitrogens with one attached hydrogen (secondary N) is 1. The highest BCUT2D eigenvalue weighted by Crippen LogP contribution is 2.50. The van der Waals surface area contributed by atoms with Crippen molar-refractivity contribution in [2.75, 3.05) is 5.75 Å². The number of halogens is 3. The molecule has 1 aromatic heterocycles. The van der Waals surface area contributed by atoms with Crippen LogP contribution in [0.5, 0.6) is 0 Å². The van der Waals surface area contributed by atoms with Gasteiger partial charge in [0.25, 0.3) is 0 Å². The van der Waals surface area contributed by atoms with Crippen molar-refractivity contribution >= 4 is 46.9 Å². The predicted molar refractivity (Wildman–Crippen MR) is 99.0 cm³/mol. The molecule has 1 aromatic rings. The average Bonchev–Trinajstić information content (AvgIpc) is 3.10. The second-order valence-electron chi connectivity index (χ2n) is 6.42. The minimum absolute atomic E-state index is 0.0698. The number of carboxylic acids is 1. The molecule has 13 heteroatoms. The molecule has 0 bridgehead atoms. The molecule has 1 saturated heterocycles. The average molecular weight is 464 g/mol. The Kier molecular flexibility index (Phi) is 6.13. The predicted octanol–water partition coefficient (Wildman–Crippen LogP) is 1.73. The highest BCUT2D eigenvalue weighted by atomic mass is 32.2. The van der Waals surface area contributed by atoms with Crippen molar-refractivity contribution in [3.63, 3.8) is 0 Å². The maximum Gasteiger partial charge on any atom is 0.403 e. The first-order chi connectivity index (χ1) is 14.0. The maximum absolute atomic E-state index is 13.1. The third kappa shape index (κ3) is 4.31. The Labute approximate surface area is 176 Å². The number of ether oxygens (including phenoxy) is 1. The lowest BCUT2D eigenvalue weighted by molar-refractivity contribution is -0.214. The van der Waals surface area contributed by atoms with Crippen LogP contribution in [-0.2, 0) is 30.3 Å². The highest BCUT2D eigenvalue weighted by molar-refractivity contribution is 8.00. The van der Waals surface area contributed by atoms with E-state index in [-0.39, 0.29) is 17.7 Å². The van der Waals surface area contributed by atoms with Gasteiger partial charge in [0.05, 0.1) is 6.42 Å². The summed E-state index contributed by atoms with van der Waals surface area (Å²) in [6, 6.07) is 3.43. The molecule has 3 atom stereocenters. The summed E-state index contributed by atoms with van der Waals surface area (Å²) in [5.41, 5.74) is -0.889. The Balaban J connectivity index is 1.90. The molecule has 0 radical (unpaired) electrons. The Morgan fingerprint density at radius 2 is 2.10 bits per heavy atom. The zero-order valence-corrected chi connectivity index (χ0v) is 16.9. The van der Waals surface area contributed by atoms with Gasteiger partial charge in [0.1, 0.15) is 11.1 Å². The number of hydrogen-bond acceptors (Lipinski definition) is 7. The number of rotatable bonds is 6. The zero-order valence-electron chi connectivity index (χ0n) is 15.3. The van der Waals surface area contributed by atoms with Crippen LogP contribution in [0.1, 0.15) is 11.8 Å². The number of carbonyl (C=O) groups excluding carboxylic acids is 3. The summed E-state index contributed by atoms with van der Waals surface area (Å²) < 4.78 is 44.3. The Hall–Kier alpha value is -2.54. The van der Waals surface area contributed by atoms with E-state index < -0.39 is 53.1 Å². The second-order valence-corrected chi connectivity index (χ2v) is 8.56. The van der Waals surface area contributed by atoms with Crippen LogP contribution in [0.15, 0.2) is 28.8 Å². The maximum atomic E-state index is 13.1. The van der Waals surface area contributed by atoms with Gasteiger partial charge in [-0.15, -0.1) is 23.1 Å². The molecule has 1 fully saturated rings. The Morgan fingerprint density at radius 3 is 2.63 bits per heavy atom. The lowest BCUT2D eigenvalue weighted by Crippen LogP contribution is -2.66. The van der Waals surface area contributed by atoms with Gasteiger partial charge in [-0.1, -0.05) is 6.07 Å². The fourth-order valence-corrected chi connectivity index (χ4v) is 5.30. The van der Waals surface area contributed by atoms with Crippen LogP contribution in [0.3, 0.4) is 0 Å². The van der Waals surface area contributed by atoms with Gasteiger partial charge in [0, 0.05) is 23.1 Å². The lowest BCUT2D eigenvalue weighted by Gasteiger charge is -2.50. The van der Waals surface area contributed by atoms with Gasteiger partial charge >= 0.3 is 18.1 Å². The van der Waals surface area contributed by atoms with E-state index in [9.17, 15) is 37.5 Å². The molecular formula is C17H15F3N2O6S2. The van der Waals surface area contributed by atoms with E-state index in [1.807, 2.05) is 0 Å². The topological polar surface area (TPSA) is 113 Å². The van der Waals surface area contributed by atoms with Crippen LogP contribution in [0.2, 0.25) is 0 Å². The quantitative estimate of drug-likeness (QED) is 0.375. The summed E-state index contributed by atoms with van der Waals surface area (Å²) >= 11 is 2.00. The van der Waals surface area contributed by atoms with Crippen LogP contribution in [0.4, 0.5) is 13.2 Å². The van der Waals surface area contributed by atoms with Crippen molar-refractivity contribution < 1.29 is 42.2 Å². The first kappa shape index (κ1) is 22.2. The first-order valence-corrected chi connectivity index (χ1v) is 10.4. The summed E-state index contributed by atoms with van der Waals surface area (Å²) in [6.45, 7) is 1.03. The molecule has 1 unspecified atom stereocenters. The number of hydrogen-bond donors (Lipinski definition) is 2. The molecule has 2 aliphatic heterocycles. The minimum atomic E-state index is -4.81. The van der Waals surface area contributed by atoms with E-state index in [1.54, 1.807) is 17.5 Å². The second kappa shape index (κ2) is 8.30. The van der Waals surface area contributed by atoms with Crippen molar-refractivity contribution in [2.45, 2.75) is 31.1 Å². The van der Waals surface area contributed by atoms with Crippen LogP contribution < -0.4 is 5.32 Å². The number of nitrogens with zero attached hydrogens (tertiary/aromatic N) is 1. The van der Waals surface area contributed by atoms with Gasteiger partial charge in [-0.25, -0.2) is 4.79 Å². The normalized spacial score (nSPS) is 22.1. The van der Waals surface area contributed by atoms with Gasteiger partial charge in [0.15, 0.2) is 5.92 Å². The molecule has 0 spiro atoms. The van der Waals surface area contributed by atoms with Crippen molar-refractivity contribution in [3.05, 3.63) is 33.7 Å². The van der Waals surface area contributed by atoms with Crippen LogP contribution >= 0.6 is 23.1 Å². The smallest absolute Gasteiger partial charge is 0.403 e. The lowest BCUT2D eigenvalue weighted by atomic mass is 9.94. The number of fused-ring (bicyclic) bond motifs is 1. The van der Waals surface area contributed by atoms with E-state index in [4.69, 9.17) is 4.74 Å². The number of amides is 2. The van der Waals surface area contributed by atoms with Gasteiger partial charge in [0.2, 0.25) is 18.0 Å². The molecule has 0 aliphatic carbocycles. The van der Waals surface area contributed by atoms with Crippen molar-refractivity contribution in [3.8, 4) is 0 Å². The van der Waals surface area contributed by atoms with E-state index in [1.165, 1.54) is 11.3 Å². The first-order valence-electron chi connectivity index (χ1n) is 8.47. The molecule has 3 heterocycles. The summed E-state index contributed by atoms with van der Waals surface area (Å²) in [4.78, 5) is 48.9. The van der Waals surface area contributed by atoms with E-state index in [2.05, 4.69) is 5.32 Å². The summed E-state index contributed by atoms with van der Waals surface area (Å²) in [5, 5.41) is 12.3. The standard InChI is InChI=1S/C17H15F3N2O6S2/c1-7(23)28-13(21-10(24)5-8-3-2-4-29-8)9-6-30-15-11(17(18,19)20)14(25)22(15)12(9)16(26)27/h2-4,11,13,15H,5-6H2,1H3,(H,21,24)(H,26,27)/t11-,13?,15-/m1/s1. The number of carbonyl (C=O) groups is 4. The highest BCUT2D eigenvalue weighted by Gasteiger charge is 2.64. The van der Waals surface area contributed by atoms with E-state index >= 15 is 0 Å². The minimum Gasteiger partial charge on any atom is -0.477 e. The number of thioether (sulfide) groups is 1. The number of thiophene rings is 1. The van der Waals surface area contributed by atoms with Crippen LogP contribution in [0.25, 0.3) is 0 Å².